The highest BCUT2D eigenvalue weighted by Crippen LogP contribution is 2.34. The maximum absolute atomic E-state index is 12.4. The van der Waals surface area contributed by atoms with Crippen molar-refractivity contribution in [2.75, 3.05) is 13.1 Å². The number of aliphatic imine (C=N–C) groups is 1. The Morgan fingerprint density at radius 1 is 1.31 bits per heavy atom. The lowest BCUT2D eigenvalue weighted by Crippen LogP contribution is -2.43. The Kier molecular flexibility index (Phi) is 8.68. The molecule has 32 heavy (non-hydrogen) atoms. The zero-order chi connectivity index (χ0) is 23.7. The monoisotopic (exact) mass is 434 g/mol. The fourth-order valence-electron chi connectivity index (χ4n) is 3.83. The number of fused-ring (bicyclic) bond motifs is 1. The first-order valence-electron chi connectivity index (χ1n) is 10.7. The van der Waals surface area contributed by atoms with Crippen LogP contribution in [0.15, 0.2) is 65.7 Å². The summed E-state index contributed by atoms with van der Waals surface area (Å²) in [7, 11) is 0. The smallest absolute Gasteiger partial charge is 0.341 e. The molecule has 0 atom stereocenters. The first-order chi connectivity index (χ1) is 15.4. The summed E-state index contributed by atoms with van der Waals surface area (Å²) in [4.78, 5) is 30.3. The molecule has 0 unspecified atom stereocenters. The summed E-state index contributed by atoms with van der Waals surface area (Å²) >= 11 is 0. The Balaban J connectivity index is 0.00000114. The molecular weight excluding hydrogens is 404 g/mol. The van der Waals surface area contributed by atoms with E-state index in [1.165, 1.54) is 23.1 Å². The molecule has 3 rings (SSSR count). The van der Waals surface area contributed by atoms with Gasteiger partial charge in [0.1, 0.15) is 11.0 Å². The summed E-state index contributed by atoms with van der Waals surface area (Å²) in [5.74, 6) is -1.24. The van der Waals surface area contributed by atoms with E-state index in [1.54, 1.807) is 24.4 Å². The molecule has 1 N–H and O–H groups in total. The number of rotatable bonds is 6. The summed E-state index contributed by atoms with van der Waals surface area (Å²) < 4.78 is 1.37. The van der Waals surface area contributed by atoms with Crippen LogP contribution in [0.25, 0.3) is 5.52 Å². The second kappa shape index (κ2) is 11.2. The van der Waals surface area contributed by atoms with Crippen LogP contribution in [0.2, 0.25) is 0 Å². The van der Waals surface area contributed by atoms with Gasteiger partial charge in [-0.15, -0.1) is 0 Å². The van der Waals surface area contributed by atoms with Crippen molar-refractivity contribution in [3.8, 4) is 6.07 Å². The maximum atomic E-state index is 12.4. The van der Waals surface area contributed by atoms with E-state index < -0.39 is 16.9 Å². The molecule has 3 heterocycles. The number of nitrogens with zero attached hydrogens (tertiary/aromatic N) is 4. The number of allylic oxidation sites excluding steroid dienone is 1. The molecule has 2 aromatic rings. The van der Waals surface area contributed by atoms with Crippen LogP contribution < -0.4 is 5.56 Å². The number of aromatic carboxylic acids is 1. The van der Waals surface area contributed by atoms with Gasteiger partial charge >= 0.3 is 5.97 Å². The number of carboxylic acid groups (broad SMARTS) is 1. The Hall–Kier alpha value is -3.50. The predicted molar refractivity (Wildman–Crippen MR) is 127 cm³/mol. The van der Waals surface area contributed by atoms with Gasteiger partial charge in [0.25, 0.3) is 5.56 Å². The third kappa shape index (κ3) is 5.21. The van der Waals surface area contributed by atoms with Gasteiger partial charge < -0.3 is 5.11 Å². The number of hydrogen-bond donors (Lipinski definition) is 1. The lowest BCUT2D eigenvalue weighted by Gasteiger charge is -2.37. The molecular formula is C25H30N4O3. The molecule has 0 amide bonds. The van der Waals surface area contributed by atoms with Crippen LogP contribution in [-0.4, -0.2) is 39.2 Å². The molecule has 1 aliphatic heterocycles. The van der Waals surface area contributed by atoms with E-state index in [4.69, 9.17) is 0 Å². The lowest BCUT2D eigenvalue weighted by atomic mass is 9.75. The molecule has 0 radical (unpaired) electrons. The molecule has 1 saturated heterocycles. The number of hydrogen-bond acceptors (Lipinski definition) is 5. The topological polar surface area (TPSA) is 98.2 Å². The number of carbonyl (C=O) groups is 1. The number of likely N-dealkylation sites (tertiary alicyclic amines) is 1. The summed E-state index contributed by atoms with van der Waals surface area (Å²) in [6, 6.07) is 9.18. The van der Waals surface area contributed by atoms with E-state index in [1.807, 2.05) is 6.07 Å². The number of carboxylic acids is 1. The number of aromatic nitrogens is 1. The van der Waals surface area contributed by atoms with Gasteiger partial charge in [-0.25, -0.2) is 4.79 Å². The highest BCUT2D eigenvalue weighted by atomic mass is 16.4. The third-order valence-electron chi connectivity index (χ3n) is 5.42. The number of pyridine rings is 2. The molecule has 0 aromatic carbocycles. The van der Waals surface area contributed by atoms with Crippen molar-refractivity contribution in [2.24, 2.45) is 10.4 Å². The normalized spacial score (nSPS) is 15.8. The van der Waals surface area contributed by atoms with E-state index in [9.17, 15) is 20.0 Å². The van der Waals surface area contributed by atoms with E-state index in [0.29, 0.717) is 43.7 Å². The van der Waals surface area contributed by atoms with Crippen molar-refractivity contribution >= 4 is 17.2 Å². The third-order valence-corrected chi connectivity index (χ3v) is 5.42. The van der Waals surface area contributed by atoms with Crippen LogP contribution in [0.3, 0.4) is 0 Å². The van der Waals surface area contributed by atoms with Crippen LogP contribution >= 0.6 is 0 Å². The summed E-state index contributed by atoms with van der Waals surface area (Å²) in [6.07, 6.45) is 7.02. The molecule has 0 spiro atoms. The minimum absolute atomic E-state index is 0.251. The van der Waals surface area contributed by atoms with Crippen molar-refractivity contribution in [2.45, 2.75) is 39.7 Å². The zero-order valence-electron chi connectivity index (χ0n) is 18.8. The highest BCUT2D eigenvalue weighted by molar-refractivity contribution is 6.01. The molecule has 2 aromatic heterocycles. The summed E-state index contributed by atoms with van der Waals surface area (Å²) in [5.41, 5.74) is 0.568. The van der Waals surface area contributed by atoms with Gasteiger partial charge in [-0.3, -0.25) is 19.1 Å². The van der Waals surface area contributed by atoms with E-state index >= 15 is 0 Å². The average Bonchev–Trinajstić information content (AvgIpc) is 2.80. The first-order valence-corrected chi connectivity index (χ1v) is 10.7. The van der Waals surface area contributed by atoms with Crippen molar-refractivity contribution in [1.82, 2.24) is 9.30 Å². The maximum Gasteiger partial charge on any atom is 0.341 e. The van der Waals surface area contributed by atoms with Crippen LogP contribution in [0.1, 0.15) is 49.0 Å². The Morgan fingerprint density at radius 2 is 1.97 bits per heavy atom. The van der Waals surface area contributed by atoms with Gasteiger partial charge in [0.15, 0.2) is 0 Å². The quantitative estimate of drug-likeness (QED) is 0.684. The van der Waals surface area contributed by atoms with Crippen LogP contribution in [-0.2, 0) is 6.54 Å². The molecule has 0 aliphatic carbocycles. The molecule has 168 valence electrons. The second-order valence-corrected chi connectivity index (χ2v) is 7.73. The van der Waals surface area contributed by atoms with Gasteiger partial charge in [-0.1, -0.05) is 39.5 Å². The number of piperidine rings is 1. The molecule has 1 fully saturated rings. The predicted octanol–water partition coefficient (Wildman–Crippen LogP) is 4.29. The van der Waals surface area contributed by atoms with Gasteiger partial charge in [-0.2, -0.15) is 5.26 Å². The van der Waals surface area contributed by atoms with E-state index in [-0.39, 0.29) is 5.56 Å². The second-order valence-electron chi connectivity index (χ2n) is 7.73. The molecule has 0 bridgehead atoms. The summed E-state index contributed by atoms with van der Waals surface area (Å²) in [5, 5.41) is 19.2. The van der Waals surface area contributed by atoms with Crippen molar-refractivity contribution in [3.63, 3.8) is 0 Å². The zero-order valence-corrected chi connectivity index (χ0v) is 18.8. The largest absolute Gasteiger partial charge is 0.477 e. The van der Waals surface area contributed by atoms with Gasteiger partial charge in [0.05, 0.1) is 17.3 Å². The molecule has 7 heteroatoms. The summed E-state index contributed by atoms with van der Waals surface area (Å²) in [6.45, 7) is 13.4. The molecule has 1 aliphatic rings. The van der Waals surface area contributed by atoms with Gasteiger partial charge in [-0.05, 0) is 42.7 Å². The fraction of sp³-hybridized carbons (Fsp3) is 0.360. The average molecular weight is 435 g/mol. The number of nitriles is 1. The Bertz CT molecular complexity index is 1120. The Morgan fingerprint density at radius 3 is 2.50 bits per heavy atom. The van der Waals surface area contributed by atoms with Gasteiger partial charge in [0.2, 0.25) is 0 Å². The van der Waals surface area contributed by atoms with E-state index in [2.05, 4.69) is 43.0 Å². The Labute approximate surface area is 188 Å². The van der Waals surface area contributed by atoms with Crippen molar-refractivity contribution < 1.29 is 9.90 Å². The van der Waals surface area contributed by atoms with Crippen LogP contribution in [0.5, 0.6) is 0 Å². The van der Waals surface area contributed by atoms with Crippen molar-refractivity contribution in [3.05, 3.63) is 77.4 Å². The standard InChI is InChI=1S/C22H22N4O3.C3H8/c1-3-19(24-4-2)22(15-23)8-11-25(12-9-22)14-16-13-17(21(28)29)20(27)26-10-6-5-7-18(16)26;1-3-2/h3-7,10,13H,1-2,8-9,11-12,14H2,(H,28,29);3H2,1-2H3. The minimum atomic E-state index is -1.24. The van der Waals surface area contributed by atoms with Crippen molar-refractivity contribution in [1.29, 1.82) is 5.26 Å². The van der Waals surface area contributed by atoms with Crippen LogP contribution in [0.4, 0.5) is 0 Å². The van der Waals surface area contributed by atoms with Crippen LogP contribution in [0, 0.1) is 16.7 Å². The molecule has 0 saturated carbocycles. The SMILES string of the molecule is C=CN=C(C=C)C1(C#N)CCN(Cc2cc(C(=O)O)c(=O)n3ccccc23)CC1.CCC. The van der Waals surface area contributed by atoms with E-state index in [0.717, 1.165) is 5.56 Å². The lowest BCUT2D eigenvalue weighted by molar-refractivity contribution is 0.0694. The van der Waals surface area contributed by atoms with Gasteiger partial charge in [0, 0.05) is 32.0 Å². The fourth-order valence-corrected chi connectivity index (χ4v) is 3.83. The minimum Gasteiger partial charge on any atom is -0.477 e. The first kappa shape index (κ1) is 24.8. The highest BCUT2D eigenvalue weighted by Gasteiger charge is 2.38. The molecule has 7 nitrogen and oxygen atoms in total.